The lowest BCUT2D eigenvalue weighted by Crippen LogP contribution is -2.44. The van der Waals surface area contributed by atoms with Crippen molar-refractivity contribution in [3.05, 3.63) is 58.3 Å². The molecular formula is C23H28Cl2N6O3S. The van der Waals surface area contributed by atoms with Gasteiger partial charge in [0.1, 0.15) is 5.75 Å². The van der Waals surface area contributed by atoms with Crippen molar-refractivity contribution in [3.63, 3.8) is 0 Å². The van der Waals surface area contributed by atoms with Crippen LogP contribution in [0.1, 0.15) is 25.7 Å². The number of piperazine rings is 1. The van der Waals surface area contributed by atoms with Crippen molar-refractivity contribution < 1.29 is 13.2 Å². The van der Waals surface area contributed by atoms with Gasteiger partial charge in [0.15, 0.2) is 5.82 Å². The number of rotatable bonds is 8. The van der Waals surface area contributed by atoms with Gasteiger partial charge >= 0.3 is 6.01 Å². The summed E-state index contributed by atoms with van der Waals surface area (Å²) in [6, 6.07) is 11.6. The molecule has 9 nitrogen and oxygen atoms in total. The first-order chi connectivity index (χ1) is 16.7. The lowest BCUT2D eigenvalue weighted by atomic mass is 10.2. The summed E-state index contributed by atoms with van der Waals surface area (Å²) in [7, 11) is -1.73. The van der Waals surface area contributed by atoms with E-state index in [-0.39, 0.29) is 21.0 Å². The highest BCUT2D eigenvalue weighted by atomic mass is 35.5. The Hall–Kier alpha value is -2.37. The van der Waals surface area contributed by atoms with Crippen LogP contribution in [0, 0.1) is 0 Å². The monoisotopic (exact) mass is 538 g/mol. The van der Waals surface area contributed by atoms with Crippen LogP contribution in [0.4, 0.5) is 5.69 Å². The quantitative estimate of drug-likeness (QED) is 0.459. The second-order valence-electron chi connectivity index (χ2n) is 8.39. The molecule has 1 aromatic heterocycles. The first-order valence-corrected chi connectivity index (χ1v) is 13.5. The summed E-state index contributed by atoms with van der Waals surface area (Å²) in [4.78, 5) is 4.67. The van der Waals surface area contributed by atoms with E-state index in [1.54, 1.807) is 11.5 Å². The molecule has 0 amide bonds. The van der Waals surface area contributed by atoms with Crippen molar-refractivity contribution in [2.75, 3.05) is 38.1 Å². The molecule has 1 N–H and O–H groups in total. The molecule has 1 saturated heterocycles. The van der Waals surface area contributed by atoms with Gasteiger partial charge in [0.25, 0.3) is 0 Å². The molecule has 35 heavy (non-hydrogen) atoms. The van der Waals surface area contributed by atoms with Crippen molar-refractivity contribution >= 4 is 38.9 Å². The Morgan fingerprint density at radius 2 is 1.71 bits per heavy atom. The molecule has 0 spiro atoms. The molecule has 2 aromatic carbocycles. The number of hydrogen-bond acceptors (Lipinski definition) is 7. The zero-order valence-electron chi connectivity index (χ0n) is 19.8. The van der Waals surface area contributed by atoms with Gasteiger partial charge in [0, 0.05) is 38.4 Å². The fourth-order valence-electron chi connectivity index (χ4n) is 3.89. The number of ether oxygens (including phenoxy) is 1. The number of nitrogens with zero attached hydrogens (tertiary/aromatic N) is 5. The van der Waals surface area contributed by atoms with Crippen LogP contribution in [0.5, 0.6) is 11.8 Å². The minimum absolute atomic E-state index is 0.0122. The Bertz CT molecular complexity index is 1270. The fourth-order valence-corrected chi connectivity index (χ4v) is 5.48. The van der Waals surface area contributed by atoms with Gasteiger partial charge in [-0.25, -0.2) is 13.1 Å². The minimum atomic E-state index is -3.86. The highest BCUT2D eigenvalue weighted by molar-refractivity contribution is 7.89. The normalized spacial score (nSPS) is 15.9. The number of benzene rings is 2. The lowest BCUT2D eigenvalue weighted by Gasteiger charge is -2.34. The standard InChI is InChI=1S/C23H28Cl2N6O3S/c1-4-31-22(16(2)28-35(32,33)19-9-10-20(24)21(25)15-19)26-27-23(31)34-18-7-5-17(6-8-18)30-13-11-29(3)12-14-30/h5-10,15-16,28H,4,11-14H2,1-3H3/t16-/m1/s1. The van der Waals surface area contributed by atoms with E-state index in [2.05, 4.69) is 31.8 Å². The average molecular weight is 539 g/mol. The molecule has 1 aliphatic rings. The van der Waals surface area contributed by atoms with E-state index in [1.165, 1.54) is 18.2 Å². The van der Waals surface area contributed by atoms with Crippen LogP contribution >= 0.6 is 23.2 Å². The Morgan fingerprint density at radius 1 is 1.03 bits per heavy atom. The van der Waals surface area contributed by atoms with Crippen LogP contribution in [0.3, 0.4) is 0 Å². The van der Waals surface area contributed by atoms with Crippen molar-refractivity contribution in [1.82, 2.24) is 24.4 Å². The van der Waals surface area contributed by atoms with E-state index >= 15 is 0 Å². The highest BCUT2D eigenvalue weighted by Crippen LogP contribution is 2.28. The first kappa shape index (κ1) is 25.7. The number of sulfonamides is 1. The highest BCUT2D eigenvalue weighted by Gasteiger charge is 2.24. The zero-order valence-corrected chi connectivity index (χ0v) is 22.1. The van der Waals surface area contributed by atoms with E-state index in [0.29, 0.717) is 18.1 Å². The topological polar surface area (TPSA) is 92.6 Å². The van der Waals surface area contributed by atoms with Crippen molar-refractivity contribution in [1.29, 1.82) is 0 Å². The molecule has 3 aromatic rings. The molecule has 1 aliphatic heterocycles. The van der Waals surface area contributed by atoms with E-state index in [9.17, 15) is 8.42 Å². The number of aromatic nitrogens is 3. The maximum absolute atomic E-state index is 12.8. The van der Waals surface area contributed by atoms with Crippen LogP contribution in [-0.4, -0.2) is 61.3 Å². The number of likely N-dealkylation sites (N-methyl/N-ethyl adjacent to an activating group) is 1. The third-order valence-electron chi connectivity index (χ3n) is 5.90. The maximum Gasteiger partial charge on any atom is 0.322 e. The zero-order chi connectivity index (χ0) is 25.2. The molecule has 0 bridgehead atoms. The van der Waals surface area contributed by atoms with E-state index < -0.39 is 16.1 Å². The van der Waals surface area contributed by atoms with Gasteiger partial charge in [0.2, 0.25) is 10.0 Å². The van der Waals surface area contributed by atoms with Crippen LogP contribution in [0.2, 0.25) is 10.0 Å². The summed E-state index contributed by atoms with van der Waals surface area (Å²) >= 11 is 11.9. The Kier molecular flexibility index (Phi) is 7.87. The van der Waals surface area contributed by atoms with E-state index in [4.69, 9.17) is 27.9 Å². The summed E-state index contributed by atoms with van der Waals surface area (Å²) in [6.45, 7) is 8.15. The number of halogens is 2. The van der Waals surface area contributed by atoms with Crippen LogP contribution in [0.25, 0.3) is 0 Å². The molecule has 0 aliphatic carbocycles. The van der Waals surface area contributed by atoms with Gasteiger partial charge in [0.05, 0.1) is 21.0 Å². The third-order valence-corrected chi connectivity index (χ3v) is 8.17. The number of nitrogens with one attached hydrogen (secondary N) is 1. The number of hydrogen-bond donors (Lipinski definition) is 1. The molecule has 1 atom stereocenters. The molecule has 2 heterocycles. The average Bonchev–Trinajstić information content (AvgIpc) is 3.24. The third kappa shape index (κ3) is 5.90. The van der Waals surface area contributed by atoms with E-state index in [1.807, 2.05) is 31.2 Å². The second kappa shape index (κ2) is 10.7. The Labute approximate surface area is 215 Å². The molecule has 12 heteroatoms. The molecule has 0 saturated carbocycles. The summed E-state index contributed by atoms with van der Waals surface area (Å²) in [6.07, 6.45) is 0. The van der Waals surface area contributed by atoms with Gasteiger partial charge in [-0.3, -0.25) is 4.57 Å². The van der Waals surface area contributed by atoms with Gasteiger partial charge in [-0.05, 0) is 63.4 Å². The van der Waals surface area contributed by atoms with Gasteiger partial charge < -0.3 is 14.5 Å². The minimum Gasteiger partial charge on any atom is -0.424 e. The van der Waals surface area contributed by atoms with E-state index in [0.717, 1.165) is 31.9 Å². The second-order valence-corrected chi connectivity index (χ2v) is 10.9. The van der Waals surface area contributed by atoms with Crippen LogP contribution < -0.4 is 14.4 Å². The summed E-state index contributed by atoms with van der Waals surface area (Å²) < 4.78 is 36.0. The van der Waals surface area contributed by atoms with Crippen LogP contribution in [-0.2, 0) is 16.6 Å². The number of anilines is 1. The molecule has 4 rings (SSSR count). The van der Waals surface area contributed by atoms with Crippen molar-refractivity contribution in [2.24, 2.45) is 0 Å². The largest absolute Gasteiger partial charge is 0.424 e. The Morgan fingerprint density at radius 3 is 2.34 bits per heavy atom. The summed E-state index contributed by atoms with van der Waals surface area (Å²) in [5.41, 5.74) is 1.15. The molecule has 1 fully saturated rings. The fraction of sp³-hybridized carbons (Fsp3) is 0.391. The first-order valence-electron chi connectivity index (χ1n) is 11.3. The lowest BCUT2D eigenvalue weighted by molar-refractivity contribution is 0.313. The predicted molar refractivity (Wildman–Crippen MR) is 137 cm³/mol. The molecule has 0 unspecified atom stereocenters. The smallest absolute Gasteiger partial charge is 0.322 e. The van der Waals surface area contributed by atoms with Crippen molar-refractivity contribution in [2.45, 2.75) is 31.3 Å². The maximum atomic E-state index is 12.8. The predicted octanol–water partition coefficient (Wildman–Crippen LogP) is 4.19. The summed E-state index contributed by atoms with van der Waals surface area (Å²) in [5.74, 6) is 1.06. The van der Waals surface area contributed by atoms with Crippen LogP contribution in [0.15, 0.2) is 47.4 Å². The van der Waals surface area contributed by atoms with Gasteiger partial charge in [-0.1, -0.05) is 28.3 Å². The SMILES string of the molecule is CCn1c(Oc2ccc(N3CCN(C)CC3)cc2)nnc1[C@@H](C)NS(=O)(=O)c1ccc(Cl)c(Cl)c1. The van der Waals surface area contributed by atoms with Gasteiger partial charge in [-0.2, -0.15) is 0 Å². The van der Waals surface area contributed by atoms with Gasteiger partial charge in [-0.15, -0.1) is 5.10 Å². The van der Waals surface area contributed by atoms with Crippen molar-refractivity contribution in [3.8, 4) is 11.8 Å². The molecular weight excluding hydrogens is 511 g/mol. The molecule has 0 radical (unpaired) electrons. The Balaban J connectivity index is 1.47. The summed E-state index contributed by atoms with van der Waals surface area (Å²) in [5, 5.41) is 8.79. The molecule has 188 valence electrons.